The van der Waals surface area contributed by atoms with Crippen LogP contribution in [0.4, 0.5) is 5.69 Å². The van der Waals surface area contributed by atoms with Gasteiger partial charge in [-0.1, -0.05) is 17.7 Å². The molecular formula is C19H20ClNO5. The van der Waals surface area contributed by atoms with E-state index < -0.39 is 18.0 Å². The molecule has 0 aliphatic heterocycles. The summed E-state index contributed by atoms with van der Waals surface area (Å²) < 4.78 is 15.5. The van der Waals surface area contributed by atoms with Gasteiger partial charge < -0.3 is 19.5 Å². The summed E-state index contributed by atoms with van der Waals surface area (Å²) in [6, 6.07) is 9.77. The Bertz CT molecular complexity index is 822. The van der Waals surface area contributed by atoms with E-state index >= 15 is 0 Å². The summed E-state index contributed by atoms with van der Waals surface area (Å²) in [7, 11) is 3.02. The molecule has 0 heterocycles. The van der Waals surface area contributed by atoms with Crippen molar-refractivity contribution in [1.82, 2.24) is 0 Å². The highest BCUT2D eigenvalue weighted by Gasteiger charge is 2.20. The average molecular weight is 378 g/mol. The number of benzene rings is 2. The van der Waals surface area contributed by atoms with Gasteiger partial charge >= 0.3 is 5.97 Å². The minimum atomic E-state index is -0.990. The van der Waals surface area contributed by atoms with E-state index in [0.717, 1.165) is 5.56 Å². The van der Waals surface area contributed by atoms with E-state index in [4.69, 9.17) is 25.8 Å². The zero-order valence-electron chi connectivity index (χ0n) is 15.0. The van der Waals surface area contributed by atoms with Gasteiger partial charge in [0.25, 0.3) is 5.91 Å². The van der Waals surface area contributed by atoms with Crippen molar-refractivity contribution in [2.24, 2.45) is 0 Å². The number of esters is 1. The Labute approximate surface area is 157 Å². The van der Waals surface area contributed by atoms with Crippen molar-refractivity contribution in [2.45, 2.75) is 20.0 Å². The number of rotatable bonds is 6. The Morgan fingerprint density at radius 2 is 1.73 bits per heavy atom. The molecule has 2 aromatic carbocycles. The number of anilines is 1. The second-order valence-electron chi connectivity index (χ2n) is 5.57. The van der Waals surface area contributed by atoms with E-state index in [1.807, 2.05) is 6.92 Å². The molecule has 1 N–H and O–H groups in total. The Kier molecular flexibility index (Phi) is 6.46. The number of amides is 1. The van der Waals surface area contributed by atoms with Crippen LogP contribution in [0.2, 0.25) is 5.02 Å². The zero-order chi connectivity index (χ0) is 19.3. The molecule has 0 saturated heterocycles. The van der Waals surface area contributed by atoms with Crippen LogP contribution in [0.3, 0.4) is 0 Å². The normalized spacial score (nSPS) is 11.4. The maximum atomic E-state index is 12.2. The molecule has 0 spiro atoms. The highest BCUT2D eigenvalue weighted by atomic mass is 35.5. The van der Waals surface area contributed by atoms with Crippen LogP contribution in [0.15, 0.2) is 36.4 Å². The zero-order valence-corrected chi connectivity index (χ0v) is 15.7. The molecule has 0 saturated carbocycles. The Balaban J connectivity index is 2.02. The molecule has 0 unspecified atom stereocenters. The molecule has 6 nitrogen and oxygen atoms in total. The SMILES string of the molecule is COc1cc(C(=O)O[C@@H](C)C(=O)Nc2ccc(OC)c(Cl)c2)ccc1C. The van der Waals surface area contributed by atoms with Crippen LogP contribution in [0.1, 0.15) is 22.8 Å². The number of halogens is 1. The van der Waals surface area contributed by atoms with Crippen LogP contribution in [0, 0.1) is 6.92 Å². The van der Waals surface area contributed by atoms with E-state index in [1.54, 1.807) is 36.4 Å². The van der Waals surface area contributed by atoms with Crippen molar-refractivity contribution in [3.63, 3.8) is 0 Å². The van der Waals surface area contributed by atoms with Crippen molar-refractivity contribution < 1.29 is 23.8 Å². The fourth-order valence-electron chi connectivity index (χ4n) is 2.22. The molecule has 2 aromatic rings. The molecule has 1 atom stereocenters. The molecule has 0 aliphatic carbocycles. The first-order chi connectivity index (χ1) is 12.3. The van der Waals surface area contributed by atoms with Crippen molar-refractivity contribution in [1.29, 1.82) is 0 Å². The number of hydrogen-bond donors (Lipinski definition) is 1. The molecule has 7 heteroatoms. The van der Waals surface area contributed by atoms with E-state index in [2.05, 4.69) is 5.32 Å². The van der Waals surface area contributed by atoms with E-state index in [0.29, 0.717) is 27.8 Å². The Morgan fingerprint density at radius 3 is 2.35 bits per heavy atom. The van der Waals surface area contributed by atoms with Crippen molar-refractivity contribution >= 4 is 29.2 Å². The molecule has 138 valence electrons. The van der Waals surface area contributed by atoms with Gasteiger partial charge in [0.15, 0.2) is 6.10 Å². The highest BCUT2D eigenvalue weighted by molar-refractivity contribution is 6.32. The van der Waals surface area contributed by atoms with Gasteiger partial charge in [0, 0.05) is 5.69 Å². The average Bonchev–Trinajstić information content (AvgIpc) is 2.62. The number of methoxy groups -OCH3 is 2. The van der Waals surface area contributed by atoms with Crippen LogP contribution in [0.5, 0.6) is 11.5 Å². The topological polar surface area (TPSA) is 73.9 Å². The van der Waals surface area contributed by atoms with E-state index in [-0.39, 0.29) is 0 Å². The van der Waals surface area contributed by atoms with Gasteiger partial charge in [-0.3, -0.25) is 4.79 Å². The predicted octanol–water partition coefficient (Wildman–Crippen LogP) is 3.85. The van der Waals surface area contributed by atoms with Gasteiger partial charge in [-0.15, -0.1) is 0 Å². The molecule has 0 aromatic heterocycles. The summed E-state index contributed by atoms with van der Waals surface area (Å²) in [6.45, 7) is 3.35. The molecule has 0 aliphatic rings. The lowest BCUT2D eigenvalue weighted by atomic mass is 10.1. The second-order valence-corrected chi connectivity index (χ2v) is 5.98. The Morgan fingerprint density at radius 1 is 1.04 bits per heavy atom. The fourth-order valence-corrected chi connectivity index (χ4v) is 2.47. The molecule has 0 radical (unpaired) electrons. The van der Waals surface area contributed by atoms with Crippen molar-refractivity contribution in [3.8, 4) is 11.5 Å². The molecular weight excluding hydrogens is 358 g/mol. The van der Waals surface area contributed by atoms with Crippen LogP contribution in [0.25, 0.3) is 0 Å². The minimum absolute atomic E-state index is 0.305. The van der Waals surface area contributed by atoms with Gasteiger partial charge in [-0.25, -0.2) is 4.79 Å². The molecule has 0 fully saturated rings. The largest absolute Gasteiger partial charge is 0.496 e. The maximum absolute atomic E-state index is 12.2. The number of aryl methyl sites for hydroxylation is 1. The third-order valence-corrected chi connectivity index (χ3v) is 4.01. The Hall–Kier alpha value is -2.73. The number of hydrogen-bond acceptors (Lipinski definition) is 5. The van der Waals surface area contributed by atoms with Crippen molar-refractivity contribution in [2.75, 3.05) is 19.5 Å². The summed E-state index contributed by atoms with van der Waals surface area (Å²) in [5.41, 5.74) is 1.67. The number of carbonyl (C=O) groups excluding carboxylic acids is 2. The molecule has 0 bridgehead atoms. The lowest BCUT2D eigenvalue weighted by Gasteiger charge is -2.15. The monoisotopic (exact) mass is 377 g/mol. The fraction of sp³-hybridized carbons (Fsp3) is 0.263. The third-order valence-electron chi connectivity index (χ3n) is 3.72. The van der Waals surface area contributed by atoms with Crippen molar-refractivity contribution in [3.05, 3.63) is 52.5 Å². The standard InChI is InChI=1S/C19H20ClNO5/c1-11-5-6-13(9-17(11)25-4)19(23)26-12(2)18(22)21-14-7-8-16(24-3)15(20)10-14/h5-10,12H,1-4H3,(H,21,22)/t12-/m0/s1. The van der Waals surface area contributed by atoms with E-state index in [1.165, 1.54) is 21.1 Å². The quantitative estimate of drug-likeness (QED) is 0.774. The number of nitrogens with one attached hydrogen (secondary N) is 1. The van der Waals surface area contributed by atoms with Gasteiger partial charge in [-0.2, -0.15) is 0 Å². The summed E-state index contributed by atoms with van der Waals surface area (Å²) >= 11 is 6.02. The van der Waals surface area contributed by atoms with Gasteiger partial charge in [0.05, 0.1) is 24.8 Å². The predicted molar refractivity (Wildman–Crippen MR) is 99.2 cm³/mol. The third kappa shape index (κ3) is 4.67. The molecule has 26 heavy (non-hydrogen) atoms. The van der Waals surface area contributed by atoms with Gasteiger partial charge in [0.1, 0.15) is 11.5 Å². The second kappa shape index (κ2) is 8.58. The van der Waals surface area contributed by atoms with Crippen LogP contribution in [-0.2, 0) is 9.53 Å². The van der Waals surface area contributed by atoms with Gasteiger partial charge in [-0.05, 0) is 49.7 Å². The summed E-state index contributed by atoms with van der Waals surface area (Å²) in [6.07, 6.45) is -0.990. The first kappa shape index (κ1) is 19.6. The maximum Gasteiger partial charge on any atom is 0.339 e. The first-order valence-corrected chi connectivity index (χ1v) is 8.23. The summed E-state index contributed by atoms with van der Waals surface area (Å²) in [5.74, 6) is -0.0146. The van der Waals surface area contributed by atoms with Crippen LogP contribution in [-0.4, -0.2) is 32.2 Å². The molecule has 2 rings (SSSR count). The first-order valence-electron chi connectivity index (χ1n) is 7.85. The van der Waals surface area contributed by atoms with Crippen LogP contribution >= 0.6 is 11.6 Å². The summed E-state index contributed by atoms with van der Waals surface area (Å²) in [4.78, 5) is 24.5. The van der Waals surface area contributed by atoms with Gasteiger partial charge in [0.2, 0.25) is 0 Å². The lowest BCUT2D eigenvalue weighted by Crippen LogP contribution is -2.30. The lowest BCUT2D eigenvalue weighted by molar-refractivity contribution is -0.123. The number of carbonyl (C=O) groups is 2. The molecule has 1 amide bonds. The highest BCUT2D eigenvalue weighted by Crippen LogP contribution is 2.27. The number of ether oxygens (including phenoxy) is 3. The smallest absolute Gasteiger partial charge is 0.339 e. The minimum Gasteiger partial charge on any atom is -0.496 e. The summed E-state index contributed by atoms with van der Waals surface area (Å²) in [5, 5.41) is 3.00. The van der Waals surface area contributed by atoms with Crippen LogP contribution < -0.4 is 14.8 Å². The van der Waals surface area contributed by atoms with E-state index in [9.17, 15) is 9.59 Å².